The minimum Gasteiger partial charge on any atom is -0.352 e. The number of hydrogen-bond acceptors (Lipinski definition) is 4. The zero-order chi connectivity index (χ0) is 15.7. The Morgan fingerprint density at radius 3 is 2.77 bits per heavy atom. The van der Waals surface area contributed by atoms with Crippen molar-refractivity contribution in [2.75, 3.05) is 19.6 Å². The van der Waals surface area contributed by atoms with Gasteiger partial charge in [0.1, 0.15) is 0 Å². The van der Waals surface area contributed by atoms with E-state index in [0.29, 0.717) is 35.5 Å². The highest BCUT2D eigenvalue weighted by atomic mass is 16.2. The third kappa shape index (κ3) is 2.55. The Hall–Kier alpha value is -2.41. The summed E-state index contributed by atoms with van der Waals surface area (Å²) < 4.78 is 1.13. The summed E-state index contributed by atoms with van der Waals surface area (Å²) in [6.07, 6.45) is 0. The zero-order valence-corrected chi connectivity index (χ0v) is 12.3. The molecule has 2 heterocycles. The molecule has 1 aromatic heterocycles. The van der Waals surface area contributed by atoms with Crippen LogP contribution in [0.2, 0.25) is 0 Å². The molecule has 3 N–H and O–H groups in total. The van der Waals surface area contributed by atoms with Crippen molar-refractivity contribution in [1.82, 2.24) is 20.2 Å². The number of aromatic nitrogens is 2. The summed E-state index contributed by atoms with van der Waals surface area (Å²) in [6, 6.07) is 4.74. The molecule has 0 spiro atoms. The molecule has 0 atom stereocenters. The molecular formula is C15H18N4O3. The first-order chi connectivity index (χ1) is 10.6. The summed E-state index contributed by atoms with van der Waals surface area (Å²) in [5.41, 5.74) is 0.0218. The number of aromatic amines is 1. The predicted molar refractivity (Wildman–Crippen MR) is 83.2 cm³/mol. The molecule has 7 heteroatoms. The molecule has 1 amide bonds. The largest absolute Gasteiger partial charge is 0.352 e. The zero-order valence-electron chi connectivity index (χ0n) is 12.3. The minimum absolute atomic E-state index is 0.200. The highest BCUT2D eigenvalue weighted by Crippen LogP contribution is 2.09. The van der Waals surface area contributed by atoms with E-state index in [1.807, 2.05) is 0 Å². The maximum atomic E-state index is 12.2. The van der Waals surface area contributed by atoms with Gasteiger partial charge in [-0.25, -0.2) is 4.79 Å². The van der Waals surface area contributed by atoms with Crippen molar-refractivity contribution < 1.29 is 4.79 Å². The van der Waals surface area contributed by atoms with Gasteiger partial charge in [-0.15, -0.1) is 0 Å². The second-order valence-electron chi connectivity index (χ2n) is 5.47. The van der Waals surface area contributed by atoms with Gasteiger partial charge in [-0.1, -0.05) is 0 Å². The van der Waals surface area contributed by atoms with Gasteiger partial charge in [0.25, 0.3) is 11.5 Å². The van der Waals surface area contributed by atoms with Gasteiger partial charge in [0.2, 0.25) is 0 Å². The van der Waals surface area contributed by atoms with E-state index in [0.717, 1.165) is 17.7 Å². The van der Waals surface area contributed by atoms with E-state index in [9.17, 15) is 14.4 Å². The topological polar surface area (TPSA) is 96.0 Å². The van der Waals surface area contributed by atoms with Crippen LogP contribution in [0.25, 0.3) is 10.9 Å². The first-order valence-electron chi connectivity index (χ1n) is 7.36. The van der Waals surface area contributed by atoms with Crippen LogP contribution < -0.4 is 21.9 Å². The third-order valence-electron chi connectivity index (χ3n) is 3.98. The van der Waals surface area contributed by atoms with Gasteiger partial charge in [0.15, 0.2) is 0 Å². The summed E-state index contributed by atoms with van der Waals surface area (Å²) in [7, 11) is 0. The normalized spacial score (nSPS) is 14.8. The minimum atomic E-state index is -0.460. The number of H-pyrrole nitrogens is 1. The first kappa shape index (κ1) is 14.5. The highest BCUT2D eigenvalue weighted by molar-refractivity contribution is 5.97. The number of hydrogen-bond donors (Lipinski definition) is 3. The Morgan fingerprint density at radius 1 is 1.36 bits per heavy atom. The summed E-state index contributed by atoms with van der Waals surface area (Å²) in [6.45, 7) is 4.50. The van der Waals surface area contributed by atoms with E-state index in [1.54, 1.807) is 25.1 Å². The number of nitrogens with zero attached hydrogens (tertiary/aromatic N) is 1. The molecule has 0 saturated carbocycles. The van der Waals surface area contributed by atoms with Crippen LogP contribution in [0, 0.1) is 5.92 Å². The van der Waals surface area contributed by atoms with Gasteiger partial charge in [-0.2, -0.15) is 0 Å². The Morgan fingerprint density at radius 2 is 2.14 bits per heavy atom. The van der Waals surface area contributed by atoms with Crippen molar-refractivity contribution in [3.8, 4) is 0 Å². The number of carbonyl (C=O) groups is 1. The molecule has 7 nitrogen and oxygen atoms in total. The van der Waals surface area contributed by atoms with Crippen molar-refractivity contribution in [1.29, 1.82) is 0 Å². The lowest BCUT2D eigenvalue weighted by Crippen LogP contribution is -2.48. The second kappa shape index (κ2) is 5.76. The Balaban J connectivity index is 1.90. The lowest BCUT2D eigenvalue weighted by molar-refractivity contribution is 0.0942. The van der Waals surface area contributed by atoms with Crippen molar-refractivity contribution >= 4 is 16.8 Å². The highest BCUT2D eigenvalue weighted by Gasteiger charge is 2.18. The van der Waals surface area contributed by atoms with Gasteiger partial charge < -0.3 is 15.6 Å². The van der Waals surface area contributed by atoms with Crippen LogP contribution >= 0.6 is 0 Å². The van der Waals surface area contributed by atoms with Crippen molar-refractivity contribution in [2.45, 2.75) is 13.5 Å². The second-order valence-corrected chi connectivity index (χ2v) is 5.47. The number of rotatable bonds is 4. The molecule has 3 rings (SSSR count). The average Bonchev–Trinajstić information content (AvgIpc) is 2.45. The van der Waals surface area contributed by atoms with Crippen LogP contribution in [0.4, 0.5) is 0 Å². The molecule has 0 aliphatic carbocycles. The maximum absolute atomic E-state index is 12.2. The van der Waals surface area contributed by atoms with Gasteiger partial charge in [-0.05, 0) is 25.1 Å². The molecule has 22 heavy (non-hydrogen) atoms. The van der Waals surface area contributed by atoms with Crippen molar-refractivity contribution in [3.63, 3.8) is 0 Å². The van der Waals surface area contributed by atoms with Crippen LogP contribution in [0.1, 0.15) is 17.3 Å². The smallest absolute Gasteiger partial charge is 0.328 e. The van der Waals surface area contributed by atoms with Gasteiger partial charge >= 0.3 is 5.69 Å². The van der Waals surface area contributed by atoms with Crippen molar-refractivity contribution in [2.24, 2.45) is 5.92 Å². The van der Waals surface area contributed by atoms with Crippen molar-refractivity contribution in [3.05, 3.63) is 44.6 Å². The fraction of sp³-hybridized carbons (Fsp3) is 0.400. The fourth-order valence-electron chi connectivity index (χ4n) is 2.51. The third-order valence-corrected chi connectivity index (χ3v) is 3.98. The number of fused-ring (bicyclic) bond motifs is 1. The summed E-state index contributed by atoms with van der Waals surface area (Å²) in [5, 5.41) is 6.41. The quantitative estimate of drug-likeness (QED) is 0.720. The molecule has 0 unspecified atom stereocenters. The molecule has 1 fully saturated rings. The van der Waals surface area contributed by atoms with Crippen LogP contribution in [0.5, 0.6) is 0 Å². The van der Waals surface area contributed by atoms with Gasteiger partial charge in [0, 0.05) is 37.7 Å². The summed E-state index contributed by atoms with van der Waals surface area (Å²) in [4.78, 5) is 38.8. The lowest BCUT2D eigenvalue weighted by atomic mass is 10.0. The van der Waals surface area contributed by atoms with Crippen LogP contribution in [-0.4, -0.2) is 35.1 Å². The fourth-order valence-corrected chi connectivity index (χ4v) is 2.51. The number of carbonyl (C=O) groups excluding carboxylic acids is 1. The number of benzene rings is 1. The molecule has 1 aliphatic heterocycles. The molecule has 116 valence electrons. The van der Waals surface area contributed by atoms with Gasteiger partial charge in [-0.3, -0.25) is 14.2 Å². The van der Waals surface area contributed by atoms with E-state index >= 15 is 0 Å². The van der Waals surface area contributed by atoms with E-state index in [4.69, 9.17) is 0 Å². The molecule has 0 radical (unpaired) electrons. The molecule has 0 bridgehead atoms. The lowest BCUT2D eigenvalue weighted by Gasteiger charge is -2.27. The SMILES string of the molecule is CCn1c(=O)[nH]c2cc(C(=O)NCC3CNC3)ccc2c1=O. The first-order valence-corrected chi connectivity index (χ1v) is 7.36. The summed E-state index contributed by atoms with van der Waals surface area (Å²) >= 11 is 0. The molecule has 1 aromatic carbocycles. The van der Waals surface area contributed by atoms with E-state index in [2.05, 4.69) is 15.6 Å². The van der Waals surface area contributed by atoms with Crippen LogP contribution in [-0.2, 0) is 6.54 Å². The van der Waals surface area contributed by atoms with E-state index < -0.39 is 5.69 Å². The number of nitrogens with one attached hydrogen (secondary N) is 3. The Kier molecular flexibility index (Phi) is 3.81. The van der Waals surface area contributed by atoms with Gasteiger partial charge in [0.05, 0.1) is 10.9 Å². The monoisotopic (exact) mass is 302 g/mol. The average molecular weight is 302 g/mol. The molecule has 1 aliphatic rings. The number of amides is 1. The molecule has 1 saturated heterocycles. The maximum Gasteiger partial charge on any atom is 0.328 e. The molecule has 2 aromatic rings. The molecular weight excluding hydrogens is 284 g/mol. The van der Waals surface area contributed by atoms with E-state index in [1.165, 1.54) is 0 Å². The van der Waals surface area contributed by atoms with E-state index in [-0.39, 0.29) is 11.5 Å². The Labute approximate surface area is 126 Å². The Bertz CT molecular complexity index is 833. The standard InChI is InChI=1S/C15H18N4O3/c1-2-19-14(21)11-4-3-10(5-12(11)18-15(19)22)13(20)17-8-9-6-16-7-9/h3-5,9,16H,2,6-8H2,1H3,(H,17,20)(H,18,22). The van der Waals surface area contributed by atoms with Crippen LogP contribution in [0.3, 0.4) is 0 Å². The van der Waals surface area contributed by atoms with Crippen LogP contribution in [0.15, 0.2) is 27.8 Å². The predicted octanol–water partition coefficient (Wildman–Crippen LogP) is -0.341. The summed E-state index contributed by atoms with van der Waals surface area (Å²) in [5.74, 6) is 0.273.